The number of likely N-dealkylation sites (tertiary alicyclic amines) is 2. The Bertz CT molecular complexity index is 538. The molecule has 3 heterocycles. The Morgan fingerprint density at radius 3 is 2.70 bits per heavy atom. The van der Waals surface area contributed by atoms with E-state index in [0.717, 1.165) is 24.7 Å². The zero-order chi connectivity index (χ0) is 16.4. The Labute approximate surface area is 137 Å². The van der Waals surface area contributed by atoms with Crippen LogP contribution in [0, 0.1) is 5.92 Å². The first kappa shape index (κ1) is 16.4. The van der Waals surface area contributed by atoms with Gasteiger partial charge in [0.2, 0.25) is 5.91 Å². The van der Waals surface area contributed by atoms with Crippen molar-refractivity contribution in [2.45, 2.75) is 31.8 Å². The van der Waals surface area contributed by atoms with E-state index in [-0.39, 0.29) is 17.9 Å². The molecular formula is C16H27N5O2. The van der Waals surface area contributed by atoms with Gasteiger partial charge in [-0.25, -0.2) is 0 Å². The number of methoxy groups -OCH3 is 1. The summed E-state index contributed by atoms with van der Waals surface area (Å²) in [5, 5.41) is 8.20. The summed E-state index contributed by atoms with van der Waals surface area (Å²) in [6.07, 6.45) is 4.29. The average molecular weight is 321 g/mol. The molecule has 7 heteroatoms. The third-order valence-electron chi connectivity index (χ3n) is 5.16. The van der Waals surface area contributed by atoms with E-state index in [1.54, 1.807) is 11.8 Å². The van der Waals surface area contributed by atoms with Gasteiger partial charge < -0.3 is 9.64 Å². The summed E-state index contributed by atoms with van der Waals surface area (Å²) in [6.45, 7) is 6.18. The molecule has 2 aliphatic heterocycles. The standard InChI is InChI=1S/C16H27N5O2/c1-12-4-6-20(7-5-12)11-16(22)21-8-13(15(10-21)23-3)14-9-19(2)18-17-14/h9,12-13,15H,4-8,10-11H2,1-3H3/t13-,15+/m0/s1. The molecule has 0 aliphatic carbocycles. The van der Waals surface area contributed by atoms with Crippen molar-refractivity contribution in [3.05, 3.63) is 11.9 Å². The lowest BCUT2D eigenvalue weighted by Gasteiger charge is -2.30. The van der Waals surface area contributed by atoms with Gasteiger partial charge in [-0.2, -0.15) is 0 Å². The van der Waals surface area contributed by atoms with Crippen LogP contribution in [0.1, 0.15) is 31.4 Å². The Morgan fingerprint density at radius 1 is 1.35 bits per heavy atom. The molecule has 1 aromatic rings. The Hall–Kier alpha value is -1.47. The minimum atomic E-state index is -0.00275. The van der Waals surface area contributed by atoms with Gasteiger partial charge >= 0.3 is 0 Å². The van der Waals surface area contributed by atoms with Gasteiger partial charge in [0, 0.05) is 33.4 Å². The fraction of sp³-hybridized carbons (Fsp3) is 0.812. The summed E-state index contributed by atoms with van der Waals surface area (Å²) in [7, 11) is 3.56. The van der Waals surface area contributed by atoms with E-state index in [9.17, 15) is 4.79 Å². The van der Waals surface area contributed by atoms with Crippen LogP contribution < -0.4 is 0 Å². The fourth-order valence-corrected chi connectivity index (χ4v) is 3.55. The van der Waals surface area contributed by atoms with Crippen molar-refractivity contribution < 1.29 is 9.53 Å². The lowest BCUT2D eigenvalue weighted by atomic mass is 9.99. The second kappa shape index (κ2) is 6.97. The molecule has 128 valence electrons. The number of nitrogens with zero attached hydrogens (tertiary/aromatic N) is 5. The number of rotatable bonds is 4. The van der Waals surface area contributed by atoms with Gasteiger partial charge in [-0.1, -0.05) is 12.1 Å². The number of amides is 1. The molecule has 0 aromatic carbocycles. The van der Waals surface area contributed by atoms with E-state index in [1.807, 2.05) is 18.1 Å². The molecule has 1 aromatic heterocycles. The predicted octanol–water partition coefficient (Wildman–Crippen LogP) is 0.488. The summed E-state index contributed by atoms with van der Waals surface area (Å²) >= 11 is 0. The van der Waals surface area contributed by atoms with Crippen LogP contribution in [0.4, 0.5) is 0 Å². The molecule has 2 aliphatic rings. The molecule has 0 N–H and O–H groups in total. The number of ether oxygens (including phenoxy) is 1. The first-order valence-electron chi connectivity index (χ1n) is 8.46. The highest BCUT2D eigenvalue weighted by Crippen LogP contribution is 2.28. The van der Waals surface area contributed by atoms with Gasteiger partial charge in [0.05, 0.1) is 24.3 Å². The number of hydrogen-bond acceptors (Lipinski definition) is 5. The van der Waals surface area contributed by atoms with Gasteiger partial charge in [0.15, 0.2) is 0 Å². The second-order valence-electron chi connectivity index (χ2n) is 6.96. The largest absolute Gasteiger partial charge is 0.379 e. The quantitative estimate of drug-likeness (QED) is 0.807. The smallest absolute Gasteiger partial charge is 0.236 e. The van der Waals surface area contributed by atoms with Gasteiger partial charge in [0.25, 0.3) is 0 Å². The van der Waals surface area contributed by atoms with E-state index in [0.29, 0.717) is 19.6 Å². The van der Waals surface area contributed by atoms with Gasteiger partial charge in [-0.15, -0.1) is 5.10 Å². The fourth-order valence-electron chi connectivity index (χ4n) is 3.55. The molecule has 0 unspecified atom stereocenters. The number of aryl methyl sites for hydroxylation is 1. The summed E-state index contributed by atoms with van der Waals surface area (Å²) in [5.41, 5.74) is 0.904. The van der Waals surface area contributed by atoms with Crippen molar-refractivity contribution in [3.63, 3.8) is 0 Å². The third-order valence-corrected chi connectivity index (χ3v) is 5.16. The van der Waals surface area contributed by atoms with Crippen molar-refractivity contribution >= 4 is 5.91 Å². The zero-order valence-electron chi connectivity index (χ0n) is 14.3. The molecule has 0 bridgehead atoms. The number of hydrogen-bond donors (Lipinski definition) is 0. The molecule has 23 heavy (non-hydrogen) atoms. The first-order chi connectivity index (χ1) is 11.1. The normalized spacial score (nSPS) is 26.8. The van der Waals surface area contributed by atoms with Crippen LogP contribution in [0.2, 0.25) is 0 Å². The van der Waals surface area contributed by atoms with Crippen molar-refractivity contribution in [3.8, 4) is 0 Å². The maximum atomic E-state index is 12.6. The number of piperidine rings is 1. The van der Waals surface area contributed by atoms with Crippen molar-refractivity contribution in [2.75, 3.05) is 39.8 Å². The molecule has 0 spiro atoms. The lowest BCUT2D eigenvalue weighted by Crippen LogP contribution is -2.42. The molecule has 0 saturated carbocycles. The van der Waals surface area contributed by atoms with Gasteiger partial charge in [-0.05, 0) is 31.8 Å². The maximum Gasteiger partial charge on any atom is 0.236 e. The monoisotopic (exact) mass is 321 g/mol. The third kappa shape index (κ3) is 3.72. The minimum absolute atomic E-state index is 0.00275. The van der Waals surface area contributed by atoms with Crippen LogP contribution in [-0.2, 0) is 16.6 Å². The summed E-state index contributed by atoms with van der Waals surface area (Å²) in [6, 6.07) is 0. The molecule has 3 rings (SSSR count). The topological polar surface area (TPSA) is 63.5 Å². The van der Waals surface area contributed by atoms with Crippen LogP contribution in [-0.4, -0.2) is 76.6 Å². The van der Waals surface area contributed by atoms with Crippen LogP contribution in [0.3, 0.4) is 0 Å². The molecular weight excluding hydrogens is 294 g/mol. The minimum Gasteiger partial charge on any atom is -0.379 e. The number of aromatic nitrogens is 3. The van der Waals surface area contributed by atoms with E-state index in [2.05, 4.69) is 22.1 Å². The highest BCUT2D eigenvalue weighted by Gasteiger charge is 2.38. The second-order valence-corrected chi connectivity index (χ2v) is 6.96. The SMILES string of the molecule is CO[C@@H]1CN(C(=O)CN2CCC(C)CC2)C[C@H]1c1cn(C)nn1. The predicted molar refractivity (Wildman–Crippen MR) is 86.0 cm³/mol. The molecule has 1 amide bonds. The van der Waals surface area contributed by atoms with Crippen molar-refractivity contribution in [1.29, 1.82) is 0 Å². The summed E-state index contributed by atoms with van der Waals surface area (Å²) < 4.78 is 7.28. The molecule has 0 radical (unpaired) electrons. The Balaban J connectivity index is 1.59. The first-order valence-corrected chi connectivity index (χ1v) is 8.46. The molecule has 2 atom stereocenters. The van der Waals surface area contributed by atoms with Crippen molar-refractivity contribution in [1.82, 2.24) is 24.8 Å². The molecule has 2 saturated heterocycles. The van der Waals surface area contributed by atoms with E-state index in [1.165, 1.54) is 12.8 Å². The van der Waals surface area contributed by atoms with E-state index < -0.39 is 0 Å². The van der Waals surface area contributed by atoms with Gasteiger partial charge in [0.1, 0.15) is 0 Å². The molecule has 2 fully saturated rings. The van der Waals surface area contributed by atoms with Crippen LogP contribution in [0.15, 0.2) is 6.20 Å². The summed E-state index contributed by atoms with van der Waals surface area (Å²) in [5.74, 6) is 1.10. The van der Waals surface area contributed by atoms with Crippen LogP contribution in [0.25, 0.3) is 0 Å². The van der Waals surface area contributed by atoms with Crippen LogP contribution >= 0.6 is 0 Å². The highest BCUT2D eigenvalue weighted by molar-refractivity contribution is 5.78. The maximum absolute atomic E-state index is 12.6. The highest BCUT2D eigenvalue weighted by atomic mass is 16.5. The van der Waals surface area contributed by atoms with Crippen LogP contribution in [0.5, 0.6) is 0 Å². The average Bonchev–Trinajstić information content (AvgIpc) is 3.15. The van der Waals surface area contributed by atoms with E-state index >= 15 is 0 Å². The Kier molecular flexibility index (Phi) is 4.96. The molecule has 7 nitrogen and oxygen atoms in total. The van der Waals surface area contributed by atoms with Crippen molar-refractivity contribution in [2.24, 2.45) is 13.0 Å². The zero-order valence-corrected chi connectivity index (χ0v) is 14.3. The van der Waals surface area contributed by atoms with E-state index in [4.69, 9.17) is 4.74 Å². The lowest BCUT2D eigenvalue weighted by molar-refractivity contribution is -0.132. The number of carbonyl (C=O) groups excluding carboxylic acids is 1. The number of carbonyl (C=O) groups is 1. The van der Waals surface area contributed by atoms with Gasteiger partial charge in [-0.3, -0.25) is 14.4 Å². The summed E-state index contributed by atoms with van der Waals surface area (Å²) in [4.78, 5) is 16.8. The Morgan fingerprint density at radius 2 is 2.09 bits per heavy atom.